The Hall–Kier alpha value is -3.27. The van der Waals surface area contributed by atoms with Crippen molar-refractivity contribution in [2.24, 2.45) is 5.92 Å². The fraction of sp³-hybridized carbons (Fsp3) is 0.485. The van der Waals surface area contributed by atoms with Crippen LogP contribution in [0.4, 0.5) is 10.1 Å². The summed E-state index contributed by atoms with van der Waals surface area (Å²) in [5.41, 5.74) is 5.31. The minimum absolute atomic E-state index is 0.00679. The Labute approximate surface area is 258 Å². The summed E-state index contributed by atoms with van der Waals surface area (Å²) in [6.45, 7) is 10.4. The van der Waals surface area contributed by atoms with Crippen molar-refractivity contribution in [1.82, 2.24) is 20.2 Å². The van der Waals surface area contributed by atoms with E-state index in [0.29, 0.717) is 29.5 Å². The minimum atomic E-state index is -0.297. The van der Waals surface area contributed by atoms with Gasteiger partial charge in [0.1, 0.15) is 5.82 Å². The van der Waals surface area contributed by atoms with E-state index in [-0.39, 0.29) is 17.7 Å². The second kappa shape index (κ2) is 14.0. The fourth-order valence-corrected chi connectivity index (χ4v) is 7.56. The van der Waals surface area contributed by atoms with Gasteiger partial charge in [0.2, 0.25) is 5.88 Å². The van der Waals surface area contributed by atoms with E-state index in [1.807, 2.05) is 25.1 Å². The van der Waals surface area contributed by atoms with Crippen molar-refractivity contribution in [3.63, 3.8) is 0 Å². The Balaban J connectivity index is 0.00000118. The van der Waals surface area contributed by atoms with Gasteiger partial charge in [-0.1, -0.05) is 31.0 Å². The molecule has 3 aliphatic heterocycles. The van der Waals surface area contributed by atoms with Crippen molar-refractivity contribution in [3.8, 4) is 17.1 Å². The number of rotatable bonds is 7. The van der Waals surface area contributed by atoms with Gasteiger partial charge in [-0.05, 0) is 80.6 Å². The van der Waals surface area contributed by atoms with Gasteiger partial charge >= 0.3 is 0 Å². The van der Waals surface area contributed by atoms with Crippen LogP contribution in [0.1, 0.15) is 50.8 Å². The number of anilines is 1. The van der Waals surface area contributed by atoms with E-state index >= 15 is 0 Å². The van der Waals surface area contributed by atoms with E-state index < -0.39 is 0 Å². The summed E-state index contributed by atoms with van der Waals surface area (Å²) in [4.78, 5) is 23.1. The van der Waals surface area contributed by atoms with Crippen molar-refractivity contribution < 1.29 is 19.0 Å². The molecular weight excluding hydrogens is 569 g/mol. The number of carbonyl (C=O) groups is 1. The molecule has 3 aromatic rings. The second-order valence-corrected chi connectivity index (χ2v) is 12.0. The van der Waals surface area contributed by atoms with Crippen LogP contribution < -0.4 is 15.0 Å². The smallest absolute Gasteiger partial charge is 0.290 e. The van der Waals surface area contributed by atoms with E-state index in [1.54, 1.807) is 6.20 Å². The molecule has 0 saturated carbocycles. The number of carboxylic acid groups (broad SMARTS) is 1. The average Bonchev–Trinajstić information content (AvgIpc) is 3.51. The number of aromatic nitrogens is 2. The molecule has 1 spiro atoms. The van der Waals surface area contributed by atoms with Gasteiger partial charge < -0.3 is 20.1 Å². The van der Waals surface area contributed by atoms with Gasteiger partial charge in [-0.3, -0.25) is 14.7 Å². The molecule has 230 valence electrons. The van der Waals surface area contributed by atoms with E-state index in [9.17, 15) is 4.39 Å². The van der Waals surface area contributed by atoms with E-state index in [1.165, 1.54) is 36.2 Å². The molecule has 3 aliphatic rings. The Bertz CT molecular complexity index is 1400. The number of benzene rings is 1. The van der Waals surface area contributed by atoms with Crippen molar-refractivity contribution in [2.75, 3.05) is 44.2 Å². The first-order valence-corrected chi connectivity index (χ1v) is 15.6. The standard InChI is InChI=1S/C32H39ClFN5O.CH2O2/c1-3-22-18-39(30-12-9-23(34)17-27(30)33)16-13-32(22)21-38(19-24-7-5-14-35-24)20-29-26(32)10-11-28(37-29)25-8-6-15-36-31(25)40-4-2;2-1-3/h6,8-12,15,17,22,24,35H,3-5,7,13-14,16,18-21H2,1-2H3;1H,(H,2,3)/t22-,24-,32+;/m1./s1. The van der Waals surface area contributed by atoms with E-state index in [0.717, 1.165) is 69.1 Å². The number of ether oxygens (including phenoxy) is 1. The van der Waals surface area contributed by atoms with Gasteiger partial charge in [0.15, 0.2) is 0 Å². The van der Waals surface area contributed by atoms with Gasteiger partial charge in [0, 0.05) is 50.4 Å². The first-order valence-electron chi connectivity index (χ1n) is 15.2. The van der Waals surface area contributed by atoms with Crippen molar-refractivity contribution >= 4 is 23.8 Å². The topological polar surface area (TPSA) is 90.8 Å². The molecule has 2 N–H and O–H groups in total. The lowest BCUT2D eigenvalue weighted by Crippen LogP contribution is -2.58. The fourth-order valence-electron chi connectivity index (χ4n) is 7.28. The number of pyridine rings is 2. The predicted octanol–water partition coefficient (Wildman–Crippen LogP) is 5.78. The molecule has 2 fully saturated rings. The summed E-state index contributed by atoms with van der Waals surface area (Å²) in [7, 11) is 0. The highest BCUT2D eigenvalue weighted by Gasteiger charge is 2.48. The van der Waals surface area contributed by atoms with Gasteiger partial charge in [-0.15, -0.1) is 0 Å². The van der Waals surface area contributed by atoms with Gasteiger partial charge in [0.25, 0.3) is 6.47 Å². The van der Waals surface area contributed by atoms with Crippen molar-refractivity contribution in [1.29, 1.82) is 0 Å². The Morgan fingerprint density at radius 3 is 2.81 bits per heavy atom. The van der Waals surface area contributed by atoms with Crippen LogP contribution in [0.2, 0.25) is 5.02 Å². The maximum absolute atomic E-state index is 13.8. The normalized spacial score (nSPS) is 23.4. The van der Waals surface area contributed by atoms with Gasteiger partial charge in [-0.25, -0.2) is 9.37 Å². The lowest BCUT2D eigenvalue weighted by Gasteiger charge is -2.53. The SMILES string of the molecule is CCOc1ncccc1-c1ccc2c(n1)CN(C[C@H]1CCCN1)C[C@]21CCN(c2ccc(F)cc2Cl)C[C@H]1CC.O=CO. The number of piperidine rings is 1. The zero-order chi connectivity index (χ0) is 30.4. The van der Waals surface area contributed by atoms with Gasteiger partial charge in [0.05, 0.1) is 34.3 Å². The lowest BCUT2D eigenvalue weighted by molar-refractivity contribution is -0.122. The highest BCUT2D eigenvalue weighted by molar-refractivity contribution is 6.33. The number of hydrogen-bond acceptors (Lipinski definition) is 7. The van der Waals surface area contributed by atoms with Crippen LogP contribution in [0, 0.1) is 11.7 Å². The minimum Gasteiger partial charge on any atom is -0.483 e. The average molecular weight is 610 g/mol. The van der Waals surface area contributed by atoms with Crippen LogP contribution in [0.3, 0.4) is 0 Å². The monoisotopic (exact) mass is 609 g/mol. The molecule has 10 heteroatoms. The molecule has 2 aromatic heterocycles. The third-order valence-corrected chi connectivity index (χ3v) is 9.45. The maximum atomic E-state index is 13.8. The van der Waals surface area contributed by atoms with Crippen LogP contribution in [-0.4, -0.2) is 71.8 Å². The van der Waals surface area contributed by atoms with Crippen LogP contribution in [0.15, 0.2) is 48.7 Å². The van der Waals surface area contributed by atoms with E-state index in [4.69, 9.17) is 31.2 Å². The molecule has 5 heterocycles. The maximum Gasteiger partial charge on any atom is 0.290 e. The quantitative estimate of drug-likeness (QED) is 0.326. The number of hydrogen-bond donors (Lipinski definition) is 2. The first-order chi connectivity index (χ1) is 20.9. The third-order valence-electron chi connectivity index (χ3n) is 9.15. The van der Waals surface area contributed by atoms with Crippen LogP contribution in [0.5, 0.6) is 5.88 Å². The summed E-state index contributed by atoms with van der Waals surface area (Å²) in [5, 5.41) is 11.1. The molecule has 0 bridgehead atoms. The Morgan fingerprint density at radius 1 is 1.26 bits per heavy atom. The molecule has 2 saturated heterocycles. The van der Waals surface area contributed by atoms with Crippen LogP contribution in [-0.2, 0) is 16.8 Å². The summed E-state index contributed by atoms with van der Waals surface area (Å²) in [6.07, 6.45) is 6.29. The molecule has 0 aliphatic carbocycles. The molecule has 0 radical (unpaired) electrons. The molecule has 3 atom stereocenters. The van der Waals surface area contributed by atoms with Crippen LogP contribution >= 0.6 is 11.6 Å². The van der Waals surface area contributed by atoms with Crippen molar-refractivity contribution in [3.05, 3.63) is 70.8 Å². The molecule has 8 nitrogen and oxygen atoms in total. The molecule has 0 unspecified atom stereocenters. The zero-order valence-corrected chi connectivity index (χ0v) is 25.7. The number of nitrogens with zero attached hydrogens (tertiary/aromatic N) is 4. The summed E-state index contributed by atoms with van der Waals surface area (Å²) in [5.74, 6) is 0.742. The molecular formula is C33H41ClFN5O3. The number of halogens is 2. The summed E-state index contributed by atoms with van der Waals surface area (Å²) < 4.78 is 19.7. The Morgan fingerprint density at radius 2 is 2.09 bits per heavy atom. The molecule has 6 rings (SSSR count). The number of nitrogens with one attached hydrogen (secondary N) is 1. The summed E-state index contributed by atoms with van der Waals surface area (Å²) in [6, 6.07) is 13.8. The highest BCUT2D eigenvalue weighted by atomic mass is 35.5. The largest absolute Gasteiger partial charge is 0.483 e. The highest BCUT2D eigenvalue weighted by Crippen LogP contribution is 2.48. The molecule has 43 heavy (non-hydrogen) atoms. The zero-order valence-electron chi connectivity index (χ0n) is 24.9. The number of fused-ring (bicyclic) bond motifs is 2. The Kier molecular flexibility index (Phi) is 10.2. The first kappa shape index (κ1) is 31.2. The predicted molar refractivity (Wildman–Crippen MR) is 167 cm³/mol. The molecule has 1 aromatic carbocycles. The van der Waals surface area contributed by atoms with Gasteiger partial charge in [-0.2, -0.15) is 0 Å². The second-order valence-electron chi connectivity index (χ2n) is 11.6. The molecule has 0 amide bonds. The van der Waals surface area contributed by atoms with Crippen molar-refractivity contribution in [2.45, 2.75) is 57.5 Å². The van der Waals surface area contributed by atoms with Crippen LogP contribution in [0.25, 0.3) is 11.3 Å². The summed E-state index contributed by atoms with van der Waals surface area (Å²) >= 11 is 6.52. The third kappa shape index (κ3) is 6.64. The van der Waals surface area contributed by atoms with E-state index in [2.05, 4.69) is 39.2 Å². The lowest BCUT2D eigenvalue weighted by atomic mass is 9.62.